The predicted molar refractivity (Wildman–Crippen MR) is 101 cm³/mol. The molecule has 0 saturated carbocycles. The summed E-state index contributed by atoms with van der Waals surface area (Å²) < 4.78 is 34.5. The van der Waals surface area contributed by atoms with Crippen molar-refractivity contribution < 1.29 is 28.1 Å². The van der Waals surface area contributed by atoms with Crippen LogP contribution in [0.5, 0.6) is 23.0 Å². The number of carbonyl (C=O) groups is 1. The maximum Gasteiger partial charge on any atom is 0.343 e. The third kappa shape index (κ3) is 3.46. The van der Waals surface area contributed by atoms with Gasteiger partial charge in [-0.25, -0.2) is 9.18 Å². The molecular formula is C21H17FO6. The summed E-state index contributed by atoms with van der Waals surface area (Å²) in [5.74, 6) is -0.943. The Morgan fingerprint density at radius 1 is 0.857 bits per heavy atom. The Morgan fingerprint density at radius 2 is 1.54 bits per heavy atom. The fourth-order valence-electron chi connectivity index (χ4n) is 2.78. The normalized spacial score (nSPS) is 10.4. The highest BCUT2D eigenvalue weighted by atomic mass is 19.1. The van der Waals surface area contributed by atoms with Crippen molar-refractivity contribution in [3.63, 3.8) is 0 Å². The Hall–Kier alpha value is -3.61. The van der Waals surface area contributed by atoms with Gasteiger partial charge in [0, 0.05) is 0 Å². The molecule has 0 fully saturated rings. The van der Waals surface area contributed by atoms with Crippen LogP contribution in [0.25, 0.3) is 10.8 Å². The van der Waals surface area contributed by atoms with Crippen molar-refractivity contribution in [2.45, 2.75) is 0 Å². The van der Waals surface area contributed by atoms with Gasteiger partial charge in [-0.05, 0) is 41.8 Å². The largest absolute Gasteiger partial charge is 0.493 e. The molecule has 0 aliphatic heterocycles. The van der Waals surface area contributed by atoms with Crippen LogP contribution in [-0.2, 0) is 0 Å². The fraction of sp³-hybridized carbons (Fsp3) is 0.143. The summed E-state index contributed by atoms with van der Waals surface area (Å²) in [6.07, 6.45) is 0. The molecular weight excluding hydrogens is 367 g/mol. The van der Waals surface area contributed by atoms with Crippen LogP contribution in [0.1, 0.15) is 10.4 Å². The Bertz CT molecular complexity index is 1090. The third-order valence-corrected chi connectivity index (χ3v) is 4.13. The van der Waals surface area contributed by atoms with Gasteiger partial charge in [0.15, 0.2) is 17.2 Å². The van der Waals surface area contributed by atoms with Crippen LogP contribution < -0.4 is 24.4 Å². The zero-order valence-electron chi connectivity index (χ0n) is 15.4. The number of methoxy groups -OCH3 is 3. The number of carbonyl (C=O) groups excluding carboxylic acids is 1. The van der Waals surface area contributed by atoms with E-state index < -0.39 is 17.2 Å². The van der Waals surface area contributed by atoms with Gasteiger partial charge >= 0.3 is 5.97 Å². The van der Waals surface area contributed by atoms with Crippen molar-refractivity contribution >= 4 is 16.7 Å². The maximum absolute atomic E-state index is 13.1. The second-order valence-electron chi connectivity index (χ2n) is 5.73. The van der Waals surface area contributed by atoms with Crippen molar-refractivity contribution in [1.82, 2.24) is 0 Å². The summed E-state index contributed by atoms with van der Waals surface area (Å²) in [5.41, 5.74) is -0.371. The molecule has 0 unspecified atom stereocenters. The SMILES string of the molecule is COc1cc2cccc(OC)c(=O)c2c(OC(=O)c2ccc(F)cc2)c1OC. The topological polar surface area (TPSA) is 71.1 Å². The molecule has 3 rings (SSSR count). The highest BCUT2D eigenvalue weighted by Gasteiger charge is 2.22. The molecule has 0 aliphatic rings. The minimum atomic E-state index is -0.780. The van der Waals surface area contributed by atoms with E-state index >= 15 is 0 Å². The van der Waals surface area contributed by atoms with E-state index in [1.807, 2.05) is 0 Å². The minimum absolute atomic E-state index is 0.0706. The first-order valence-corrected chi connectivity index (χ1v) is 8.24. The van der Waals surface area contributed by atoms with Crippen molar-refractivity contribution in [1.29, 1.82) is 0 Å². The van der Waals surface area contributed by atoms with Crippen LogP contribution in [0.15, 0.2) is 53.3 Å². The van der Waals surface area contributed by atoms with Gasteiger partial charge in [0.25, 0.3) is 0 Å². The monoisotopic (exact) mass is 384 g/mol. The van der Waals surface area contributed by atoms with E-state index in [1.165, 1.54) is 39.5 Å². The summed E-state index contributed by atoms with van der Waals surface area (Å²) >= 11 is 0. The Morgan fingerprint density at radius 3 is 2.14 bits per heavy atom. The van der Waals surface area contributed by atoms with E-state index in [-0.39, 0.29) is 33.9 Å². The zero-order chi connectivity index (χ0) is 20.3. The van der Waals surface area contributed by atoms with Crippen molar-refractivity contribution in [3.8, 4) is 23.0 Å². The van der Waals surface area contributed by atoms with Crippen molar-refractivity contribution in [2.75, 3.05) is 21.3 Å². The summed E-state index contributed by atoms with van der Waals surface area (Å²) in [5, 5.41) is 0.558. The molecule has 0 aromatic heterocycles. The first-order valence-electron chi connectivity index (χ1n) is 8.24. The van der Waals surface area contributed by atoms with E-state index in [9.17, 15) is 14.0 Å². The van der Waals surface area contributed by atoms with Gasteiger partial charge in [-0.2, -0.15) is 0 Å². The van der Waals surface area contributed by atoms with E-state index in [4.69, 9.17) is 18.9 Å². The van der Waals surface area contributed by atoms with Gasteiger partial charge in [0.1, 0.15) is 5.82 Å². The van der Waals surface area contributed by atoms with Gasteiger partial charge in [0.05, 0.1) is 32.3 Å². The van der Waals surface area contributed by atoms with Crippen LogP contribution in [0.4, 0.5) is 4.39 Å². The van der Waals surface area contributed by atoms with E-state index in [0.717, 1.165) is 12.1 Å². The molecule has 0 radical (unpaired) electrons. The molecule has 3 aromatic carbocycles. The lowest BCUT2D eigenvalue weighted by Gasteiger charge is -2.14. The maximum atomic E-state index is 13.1. The highest BCUT2D eigenvalue weighted by Crippen LogP contribution is 2.42. The fourth-order valence-corrected chi connectivity index (χ4v) is 2.78. The number of rotatable bonds is 5. The number of hydrogen-bond acceptors (Lipinski definition) is 6. The number of halogens is 1. The standard InChI is InChI=1S/C21H17FO6/c1-25-15-6-4-5-13-11-16(26-2)19(27-3)20(17(13)18(15)23)28-21(24)12-7-9-14(22)10-8-12/h4-11H,1-3H3. The molecule has 0 N–H and O–H groups in total. The summed E-state index contributed by atoms with van der Waals surface area (Å²) in [7, 11) is 4.16. The van der Waals surface area contributed by atoms with E-state index in [2.05, 4.69) is 0 Å². The molecule has 7 heteroatoms. The number of fused-ring (bicyclic) bond motifs is 1. The average molecular weight is 384 g/mol. The lowest BCUT2D eigenvalue weighted by Crippen LogP contribution is -2.12. The van der Waals surface area contributed by atoms with Crippen molar-refractivity contribution in [2.24, 2.45) is 0 Å². The molecule has 6 nitrogen and oxygen atoms in total. The third-order valence-electron chi connectivity index (χ3n) is 4.13. The van der Waals surface area contributed by atoms with Crippen LogP contribution >= 0.6 is 0 Å². The molecule has 0 bridgehead atoms. The number of hydrogen-bond donors (Lipinski definition) is 0. The highest BCUT2D eigenvalue weighted by molar-refractivity contribution is 5.98. The lowest BCUT2D eigenvalue weighted by molar-refractivity contribution is 0.0731. The Labute approximate surface area is 160 Å². The molecule has 0 aliphatic carbocycles. The van der Waals surface area contributed by atoms with E-state index in [1.54, 1.807) is 18.2 Å². The molecule has 0 heterocycles. The summed E-state index contributed by atoms with van der Waals surface area (Å²) in [4.78, 5) is 25.6. The molecule has 3 aromatic rings. The van der Waals surface area contributed by atoms with Crippen molar-refractivity contribution in [3.05, 3.63) is 70.1 Å². The Balaban J connectivity index is 2.28. The summed E-state index contributed by atoms with van der Waals surface area (Å²) in [6, 6.07) is 11.3. The second kappa shape index (κ2) is 7.96. The van der Waals surface area contributed by atoms with Crippen LogP contribution in [-0.4, -0.2) is 27.3 Å². The Kier molecular flexibility index (Phi) is 5.44. The lowest BCUT2D eigenvalue weighted by atomic mass is 10.1. The van der Waals surface area contributed by atoms with Gasteiger partial charge in [-0.15, -0.1) is 0 Å². The molecule has 28 heavy (non-hydrogen) atoms. The van der Waals surface area contributed by atoms with Gasteiger partial charge < -0.3 is 18.9 Å². The number of benzene rings is 2. The number of ether oxygens (including phenoxy) is 4. The van der Waals surface area contributed by atoms with E-state index in [0.29, 0.717) is 5.39 Å². The quantitative estimate of drug-likeness (QED) is 0.495. The summed E-state index contributed by atoms with van der Waals surface area (Å²) in [6.45, 7) is 0. The first-order chi connectivity index (χ1) is 13.5. The van der Waals surface area contributed by atoms with Gasteiger partial charge in [0.2, 0.25) is 11.2 Å². The predicted octanol–water partition coefficient (Wildman–Crippen LogP) is 3.58. The molecule has 0 saturated heterocycles. The molecule has 0 spiro atoms. The van der Waals surface area contributed by atoms with Gasteiger partial charge in [-0.1, -0.05) is 12.1 Å². The van der Waals surface area contributed by atoms with Gasteiger partial charge in [-0.3, -0.25) is 4.79 Å². The average Bonchev–Trinajstić information content (AvgIpc) is 2.86. The number of esters is 1. The second-order valence-corrected chi connectivity index (χ2v) is 5.73. The minimum Gasteiger partial charge on any atom is -0.493 e. The zero-order valence-corrected chi connectivity index (χ0v) is 15.4. The first kappa shape index (κ1) is 19.2. The van der Waals surface area contributed by atoms with Crippen LogP contribution in [0, 0.1) is 5.82 Å². The molecule has 144 valence electrons. The van der Waals surface area contributed by atoms with Crippen LogP contribution in [0.2, 0.25) is 0 Å². The van der Waals surface area contributed by atoms with Crippen LogP contribution in [0.3, 0.4) is 0 Å². The molecule has 0 amide bonds. The smallest absolute Gasteiger partial charge is 0.343 e. The molecule has 0 atom stereocenters.